The Hall–Kier alpha value is -2.36. The number of nitrogen functional groups attached to an aromatic ring is 1. The summed E-state index contributed by atoms with van der Waals surface area (Å²) in [5.41, 5.74) is 8.89. The fourth-order valence-corrected chi connectivity index (χ4v) is 6.25. The van der Waals surface area contributed by atoms with E-state index in [2.05, 4.69) is 34.8 Å². The number of thiazole rings is 1. The van der Waals surface area contributed by atoms with Crippen LogP contribution in [-0.4, -0.2) is 53.2 Å². The molecule has 7 nitrogen and oxygen atoms in total. The first-order valence-corrected chi connectivity index (χ1v) is 13.5. The molecule has 2 aromatic heterocycles. The van der Waals surface area contributed by atoms with Crippen molar-refractivity contribution in [2.45, 2.75) is 50.4 Å². The summed E-state index contributed by atoms with van der Waals surface area (Å²) < 4.78 is 11.7. The normalized spacial score (nSPS) is 14.9. The van der Waals surface area contributed by atoms with Crippen molar-refractivity contribution in [2.24, 2.45) is 0 Å². The standard InChI is InChI=1S/C25H33N5O2S2/c1-5-21-23(17(3)33-25-27-16(2)14-22(26)28-25)29-24(34-21)18-8-9-19(31-4)20(15-18)32-13-12-30-10-6-7-11-30/h8-9,14-15,17H,5-7,10-13H2,1-4H3,(H2,26,27,28). The van der Waals surface area contributed by atoms with Crippen molar-refractivity contribution in [3.05, 3.63) is 40.5 Å². The third kappa shape index (κ3) is 6.00. The first kappa shape index (κ1) is 24.8. The maximum absolute atomic E-state index is 6.14. The van der Waals surface area contributed by atoms with E-state index in [4.69, 9.17) is 20.2 Å². The van der Waals surface area contributed by atoms with Crippen molar-refractivity contribution in [1.82, 2.24) is 19.9 Å². The van der Waals surface area contributed by atoms with E-state index in [1.807, 2.05) is 19.1 Å². The van der Waals surface area contributed by atoms with E-state index in [0.717, 1.165) is 46.4 Å². The highest BCUT2D eigenvalue weighted by atomic mass is 32.2. The number of methoxy groups -OCH3 is 1. The van der Waals surface area contributed by atoms with Crippen LogP contribution in [0.4, 0.5) is 5.82 Å². The van der Waals surface area contributed by atoms with Gasteiger partial charge in [-0.3, -0.25) is 4.90 Å². The summed E-state index contributed by atoms with van der Waals surface area (Å²) in [6.45, 7) is 10.2. The zero-order chi connectivity index (χ0) is 24.1. The van der Waals surface area contributed by atoms with Crippen molar-refractivity contribution in [3.63, 3.8) is 0 Å². The molecule has 3 aromatic rings. The number of hydrogen-bond donors (Lipinski definition) is 1. The number of benzene rings is 1. The molecular weight excluding hydrogens is 466 g/mol. The molecule has 1 aliphatic heterocycles. The highest BCUT2D eigenvalue weighted by molar-refractivity contribution is 7.99. The van der Waals surface area contributed by atoms with Crippen molar-refractivity contribution >= 4 is 28.9 Å². The number of likely N-dealkylation sites (tertiary alicyclic amines) is 1. The van der Waals surface area contributed by atoms with E-state index in [1.165, 1.54) is 30.8 Å². The summed E-state index contributed by atoms with van der Waals surface area (Å²) in [5, 5.41) is 1.77. The summed E-state index contributed by atoms with van der Waals surface area (Å²) in [6, 6.07) is 7.85. The third-order valence-electron chi connectivity index (χ3n) is 5.84. The maximum atomic E-state index is 6.14. The molecule has 1 fully saturated rings. The Bertz CT molecular complexity index is 1090. The molecule has 1 saturated heterocycles. The summed E-state index contributed by atoms with van der Waals surface area (Å²) in [5.74, 6) is 2.00. The Morgan fingerprint density at radius 1 is 1.15 bits per heavy atom. The van der Waals surface area contributed by atoms with Gasteiger partial charge in [0.25, 0.3) is 0 Å². The Labute approximate surface area is 210 Å². The van der Waals surface area contributed by atoms with Gasteiger partial charge in [0.15, 0.2) is 16.7 Å². The van der Waals surface area contributed by atoms with Crippen LogP contribution in [0.25, 0.3) is 10.6 Å². The minimum atomic E-state index is 0.107. The van der Waals surface area contributed by atoms with E-state index in [0.29, 0.717) is 17.6 Å². The van der Waals surface area contributed by atoms with Gasteiger partial charge < -0.3 is 15.2 Å². The Balaban J connectivity index is 1.53. The molecule has 3 heterocycles. The molecule has 1 aliphatic rings. The minimum Gasteiger partial charge on any atom is -0.493 e. The molecule has 0 saturated carbocycles. The van der Waals surface area contributed by atoms with Crippen LogP contribution >= 0.6 is 23.1 Å². The van der Waals surface area contributed by atoms with Crippen molar-refractivity contribution < 1.29 is 9.47 Å². The lowest BCUT2D eigenvalue weighted by Crippen LogP contribution is -2.25. The van der Waals surface area contributed by atoms with Gasteiger partial charge in [-0.2, -0.15) is 0 Å². The van der Waals surface area contributed by atoms with Crippen LogP contribution in [0.5, 0.6) is 11.5 Å². The number of hydrogen-bond acceptors (Lipinski definition) is 9. The second kappa shape index (κ2) is 11.4. The van der Waals surface area contributed by atoms with Crippen molar-refractivity contribution in [1.29, 1.82) is 0 Å². The molecule has 0 radical (unpaired) electrons. The SMILES string of the molecule is CCc1sc(-c2ccc(OC)c(OCCN3CCCC3)c2)nc1C(C)Sc1nc(C)cc(N)n1. The minimum absolute atomic E-state index is 0.107. The average Bonchev–Trinajstić information content (AvgIpc) is 3.48. The zero-order valence-electron chi connectivity index (χ0n) is 20.3. The van der Waals surface area contributed by atoms with Crippen LogP contribution < -0.4 is 15.2 Å². The molecule has 1 atom stereocenters. The summed E-state index contributed by atoms with van der Waals surface area (Å²) in [7, 11) is 1.68. The van der Waals surface area contributed by atoms with E-state index in [-0.39, 0.29) is 5.25 Å². The van der Waals surface area contributed by atoms with Crippen LogP contribution in [0, 0.1) is 6.92 Å². The van der Waals surface area contributed by atoms with Crippen LogP contribution in [0.15, 0.2) is 29.4 Å². The molecule has 0 aliphatic carbocycles. The third-order valence-corrected chi connectivity index (χ3v) is 8.08. The molecule has 1 unspecified atom stereocenters. The number of thioether (sulfide) groups is 1. The Kier molecular flexibility index (Phi) is 8.28. The van der Waals surface area contributed by atoms with Gasteiger partial charge in [-0.25, -0.2) is 15.0 Å². The molecule has 0 amide bonds. The number of aromatic nitrogens is 3. The Morgan fingerprint density at radius 3 is 2.65 bits per heavy atom. The number of nitrogens with zero attached hydrogens (tertiary/aromatic N) is 4. The molecule has 0 bridgehead atoms. The van der Waals surface area contributed by atoms with Gasteiger partial charge in [-0.15, -0.1) is 11.3 Å². The monoisotopic (exact) mass is 499 g/mol. The molecule has 2 N–H and O–H groups in total. The van der Waals surface area contributed by atoms with Gasteiger partial charge in [0.2, 0.25) is 0 Å². The van der Waals surface area contributed by atoms with Crippen LogP contribution in [0.1, 0.15) is 48.2 Å². The predicted molar refractivity (Wildman–Crippen MR) is 140 cm³/mol. The first-order valence-electron chi connectivity index (χ1n) is 11.8. The van der Waals surface area contributed by atoms with Gasteiger partial charge in [0.05, 0.1) is 18.1 Å². The van der Waals surface area contributed by atoms with Gasteiger partial charge in [-0.05, 0) is 64.4 Å². The highest BCUT2D eigenvalue weighted by Gasteiger charge is 2.20. The second-order valence-electron chi connectivity index (χ2n) is 8.42. The average molecular weight is 500 g/mol. The largest absolute Gasteiger partial charge is 0.493 e. The molecular formula is C25H33N5O2S2. The Morgan fingerprint density at radius 2 is 1.94 bits per heavy atom. The van der Waals surface area contributed by atoms with Gasteiger partial charge in [0.1, 0.15) is 17.4 Å². The van der Waals surface area contributed by atoms with Gasteiger partial charge >= 0.3 is 0 Å². The lowest BCUT2D eigenvalue weighted by molar-refractivity contribution is 0.230. The van der Waals surface area contributed by atoms with Crippen LogP contribution in [0.2, 0.25) is 0 Å². The quantitative estimate of drug-likeness (QED) is 0.293. The molecule has 0 spiro atoms. The molecule has 4 rings (SSSR count). The predicted octanol–water partition coefficient (Wildman–Crippen LogP) is 5.39. The number of aryl methyl sites for hydroxylation is 2. The van der Waals surface area contributed by atoms with E-state index < -0.39 is 0 Å². The van der Waals surface area contributed by atoms with Crippen molar-refractivity contribution in [2.75, 3.05) is 39.1 Å². The zero-order valence-corrected chi connectivity index (χ0v) is 22.0. The van der Waals surface area contributed by atoms with Crippen LogP contribution in [0.3, 0.4) is 0 Å². The number of ether oxygens (including phenoxy) is 2. The molecule has 34 heavy (non-hydrogen) atoms. The molecule has 1 aromatic carbocycles. The van der Waals surface area contributed by atoms with Crippen molar-refractivity contribution in [3.8, 4) is 22.1 Å². The lowest BCUT2D eigenvalue weighted by atomic mass is 10.2. The highest BCUT2D eigenvalue weighted by Crippen LogP contribution is 2.40. The fraction of sp³-hybridized carbons (Fsp3) is 0.480. The topological polar surface area (TPSA) is 86.4 Å². The number of nitrogens with two attached hydrogens (primary N) is 1. The molecule has 182 valence electrons. The van der Waals surface area contributed by atoms with Crippen LogP contribution in [-0.2, 0) is 6.42 Å². The maximum Gasteiger partial charge on any atom is 0.190 e. The molecule has 9 heteroatoms. The van der Waals surface area contributed by atoms with Gasteiger partial charge in [-0.1, -0.05) is 18.7 Å². The second-order valence-corrected chi connectivity index (χ2v) is 10.8. The van der Waals surface area contributed by atoms with E-state index in [1.54, 1.807) is 36.3 Å². The van der Waals surface area contributed by atoms with E-state index in [9.17, 15) is 0 Å². The van der Waals surface area contributed by atoms with E-state index >= 15 is 0 Å². The lowest BCUT2D eigenvalue weighted by Gasteiger charge is -2.16. The number of anilines is 1. The fourth-order valence-electron chi connectivity index (χ4n) is 4.10. The van der Waals surface area contributed by atoms with Gasteiger partial charge in [0, 0.05) is 28.7 Å². The smallest absolute Gasteiger partial charge is 0.190 e. The number of rotatable bonds is 10. The summed E-state index contributed by atoms with van der Waals surface area (Å²) in [4.78, 5) is 17.7. The summed E-state index contributed by atoms with van der Waals surface area (Å²) >= 11 is 3.32. The summed E-state index contributed by atoms with van der Waals surface area (Å²) in [6.07, 6.45) is 3.49. The first-order chi connectivity index (χ1) is 16.5.